The number of hydrogen-bond donors (Lipinski definition) is 2. The molecule has 0 saturated heterocycles. The lowest BCUT2D eigenvalue weighted by Gasteiger charge is -2.11. The van der Waals surface area contributed by atoms with E-state index < -0.39 is 15.9 Å². The maximum atomic E-state index is 12.6. The number of carbonyl (C=O) groups is 1. The summed E-state index contributed by atoms with van der Waals surface area (Å²) < 4.78 is 32.6. The Balaban J connectivity index is 1.74. The normalized spacial score (nSPS) is 11.2. The zero-order chi connectivity index (χ0) is 19.6. The Labute approximate surface area is 157 Å². The molecule has 0 unspecified atom stereocenters. The summed E-state index contributed by atoms with van der Waals surface area (Å²) in [7, 11) is -3.73. The van der Waals surface area contributed by atoms with Crippen molar-refractivity contribution in [3.05, 3.63) is 71.1 Å². The average Bonchev–Trinajstić information content (AvgIpc) is 3.04. The van der Waals surface area contributed by atoms with Gasteiger partial charge in [0.15, 0.2) is 0 Å². The summed E-state index contributed by atoms with van der Waals surface area (Å²) in [5.41, 5.74) is 3.46. The highest BCUT2D eigenvalue weighted by Crippen LogP contribution is 2.22. The van der Waals surface area contributed by atoms with Gasteiger partial charge in [-0.1, -0.05) is 22.9 Å². The molecule has 0 aliphatic carbocycles. The van der Waals surface area contributed by atoms with Crippen molar-refractivity contribution in [1.82, 2.24) is 5.16 Å². The highest BCUT2D eigenvalue weighted by molar-refractivity contribution is 7.92. The number of sulfonamides is 1. The van der Waals surface area contributed by atoms with Gasteiger partial charge in [0.25, 0.3) is 15.9 Å². The Kier molecular flexibility index (Phi) is 5.00. The molecule has 27 heavy (non-hydrogen) atoms. The molecule has 0 atom stereocenters. The molecule has 8 heteroatoms. The Morgan fingerprint density at radius 3 is 2.30 bits per heavy atom. The van der Waals surface area contributed by atoms with Gasteiger partial charge < -0.3 is 9.84 Å². The van der Waals surface area contributed by atoms with E-state index in [0.717, 1.165) is 11.1 Å². The number of nitrogens with zero attached hydrogens (tertiary/aromatic N) is 1. The molecule has 0 aliphatic heterocycles. The van der Waals surface area contributed by atoms with Crippen LogP contribution in [0.15, 0.2) is 57.9 Å². The molecule has 7 nitrogen and oxygen atoms in total. The molecule has 1 aromatic heterocycles. The first-order valence-electron chi connectivity index (χ1n) is 8.19. The standard InChI is InChI=1S/C19H19N3O4S/c1-12-4-9-17(13(2)10-12)22-27(24,25)16-7-5-15(6-8-16)20-19(23)18-11-14(3)21-26-18/h4-11,22H,1-3H3,(H,20,23). The van der Waals surface area contributed by atoms with Gasteiger partial charge in [-0.2, -0.15) is 0 Å². The molecule has 2 N–H and O–H groups in total. The van der Waals surface area contributed by atoms with Crippen molar-refractivity contribution < 1.29 is 17.7 Å². The zero-order valence-corrected chi connectivity index (χ0v) is 15.9. The maximum absolute atomic E-state index is 12.6. The van der Waals surface area contributed by atoms with Crippen LogP contribution in [-0.2, 0) is 10.0 Å². The second-order valence-electron chi connectivity index (χ2n) is 6.23. The number of amides is 1. The lowest BCUT2D eigenvalue weighted by atomic mass is 10.1. The van der Waals surface area contributed by atoms with Crippen LogP contribution < -0.4 is 10.0 Å². The summed E-state index contributed by atoms with van der Waals surface area (Å²) in [6.07, 6.45) is 0. The minimum atomic E-state index is -3.73. The SMILES string of the molecule is Cc1ccc(NS(=O)(=O)c2ccc(NC(=O)c3cc(C)no3)cc2)c(C)c1. The van der Waals surface area contributed by atoms with E-state index in [2.05, 4.69) is 15.2 Å². The second-order valence-corrected chi connectivity index (χ2v) is 7.92. The topological polar surface area (TPSA) is 101 Å². The second kappa shape index (κ2) is 7.24. The summed E-state index contributed by atoms with van der Waals surface area (Å²) in [5.74, 6) is -0.375. The van der Waals surface area contributed by atoms with Crippen molar-refractivity contribution in [2.24, 2.45) is 0 Å². The van der Waals surface area contributed by atoms with E-state index in [1.54, 1.807) is 13.0 Å². The molecule has 0 spiro atoms. The minimum absolute atomic E-state index is 0.0840. The maximum Gasteiger partial charge on any atom is 0.294 e. The predicted octanol–water partition coefficient (Wildman–Crippen LogP) is 3.65. The highest BCUT2D eigenvalue weighted by Gasteiger charge is 2.16. The van der Waals surface area contributed by atoms with Crippen LogP contribution in [0.3, 0.4) is 0 Å². The van der Waals surface area contributed by atoms with E-state index in [4.69, 9.17) is 4.52 Å². The molecule has 3 aromatic rings. The third kappa shape index (κ3) is 4.35. The van der Waals surface area contributed by atoms with Crippen molar-refractivity contribution in [2.45, 2.75) is 25.7 Å². The largest absolute Gasteiger partial charge is 0.351 e. The fraction of sp³-hybridized carbons (Fsp3) is 0.158. The Morgan fingerprint density at radius 1 is 1.00 bits per heavy atom. The van der Waals surface area contributed by atoms with Gasteiger partial charge in [-0.15, -0.1) is 0 Å². The van der Waals surface area contributed by atoms with E-state index in [1.807, 2.05) is 26.0 Å². The van der Waals surface area contributed by atoms with E-state index in [1.165, 1.54) is 30.3 Å². The Bertz CT molecular complexity index is 1090. The lowest BCUT2D eigenvalue weighted by Crippen LogP contribution is -2.14. The van der Waals surface area contributed by atoms with Crippen LogP contribution in [0.4, 0.5) is 11.4 Å². The van der Waals surface area contributed by atoms with Crippen molar-refractivity contribution >= 4 is 27.3 Å². The molecule has 0 fully saturated rings. The number of aromatic nitrogens is 1. The van der Waals surface area contributed by atoms with Crippen LogP contribution >= 0.6 is 0 Å². The zero-order valence-electron chi connectivity index (χ0n) is 15.1. The van der Waals surface area contributed by atoms with Crippen LogP contribution in [0.2, 0.25) is 0 Å². The van der Waals surface area contributed by atoms with Gasteiger partial charge in [0, 0.05) is 11.8 Å². The van der Waals surface area contributed by atoms with Gasteiger partial charge in [0.1, 0.15) is 0 Å². The van der Waals surface area contributed by atoms with Gasteiger partial charge in [-0.3, -0.25) is 9.52 Å². The number of carbonyl (C=O) groups excluding carboxylic acids is 1. The summed E-state index contributed by atoms with van der Waals surface area (Å²) >= 11 is 0. The van der Waals surface area contributed by atoms with Crippen molar-refractivity contribution in [3.63, 3.8) is 0 Å². The van der Waals surface area contributed by atoms with Crippen molar-refractivity contribution in [1.29, 1.82) is 0 Å². The van der Waals surface area contributed by atoms with Crippen LogP contribution in [0.25, 0.3) is 0 Å². The minimum Gasteiger partial charge on any atom is -0.351 e. The Hall–Kier alpha value is -3.13. The van der Waals surface area contributed by atoms with Gasteiger partial charge in [0.2, 0.25) is 5.76 Å². The molecule has 1 amide bonds. The van der Waals surface area contributed by atoms with E-state index in [-0.39, 0.29) is 10.7 Å². The average molecular weight is 385 g/mol. The van der Waals surface area contributed by atoms with Gasteiger partial charge in [-0.05, 0) is 56.7 Å². The summed E-state index contributed by atoms with van der Waals surface area (Å²) in [6.45, 7) is 5.50. The molecule has 1 heterocycles. The number of anilines is 2. The molecule has 2 aromatic carbocycles. The molecular formula is C19H19N3O4S. The van der Waals surface area contributed by atoms with Crippen molar-refractivity contribution in [2.75, 3.05) is 10.0 Å². The number of hydrogen-bond acceptors (Lipinski definition) is 5. The van der Waals surface area contributed by atoms with E-state index in [0.29, 0.717) is 17.1 Å². The van der Waals surface area contributed by atoms with Crippen molar-refractivity contribution in [3.8, 4) is 0 Å². The first-order chi connectivity index (χ1) is 12.7. The summed E-state index contributed by atoms with van der Waals surface area (Å²) in [5, 5.41) is 6.28. The van der Waals surface area contributed by atoms with Crippen LogP contribution in [0.5, 0.6) is 0 Å². The fourth-order valence-electron chi connectivity index (χ4n) is 2.51. The molecule has 0 saturated carbocycles. The monoisotopic (exact) mass is 385 g/mol. The number of benzene rings is 2. The van der Waals surface area contributed by atoms with Gasteiger partial charge in [0.05, 0.1) is 16.3 Å². The van der Waals surface area contributed by atoms with E-state index in [9.17, 15) is 13.2 Å². The van der Waals surface area contributed by atoms with Crippen LogP contribution in [0, 0.1) is 20.8 Å². The third-order valence-electron chi connectivity index (χ3n) is 3.90. The fourth-order valence-corrected chi connectivity index (χ4v) is 3.64. The molecule has 0 radical (unpaired) electrons. The first kappa shape index (κ1) is 18.7. The molecule has 140 valence electrons. The predicted molar refractivity (Wildman–Crippen MR) is 102 cm³/mol. The molecule has 0 aliphatic rings. The van der Waals surface area contributed by atoms with Crippen LogP contribution in [-0.4, -0.2) is 19.5 Å². The Morgan fingerprint density at radius 2 is 1.70 bits per heavy atom. The molecule has 0 bridgehead atoms. The number of aryl methyl sites for hydroxylation is 3. The number of rotatable bonds is 5. The van der Waals surface area contributed by atoms with E-state index >= 15 is 0 Å². The molecular weight excluding hydrogens is 366 g/mol. The smallest absolute Gasteiger partial charge is 0.294 e. The number of nitrogens with one attached hydrogen (secondary N) is 2. The first-order valence-corrected chi connectivity index (χ1v) is 9.68. The van der Waals surface area contributed by atoms with Crippen LogP contribution in [0.1, 0.15) is 27.4 Å². The lowest BCUT2D eigenvalue weighted by molar-refractivity contribution is 0.0988. The van der Waals surface area contributed by atoms with Gasteiger partial charge in [-0.25, -0.2) is 8.42 Å². The highest BCUT2D eigenvalue weighted by atomic mass is 32.2. The summed E-state index contributed by atoms with van der Waals surface area (Å²) in [6, 6.07) is 12.9. The molecule has 3 rings (SSSR count). The van der Waals surface area contributed by atoms with Gasteiger partial charge >= 0.3 is 0 Å². The summed E-state index contributed by atoms with van der Waals surface area (Å²) in [4.78, 5) is 12.1. The third-order valence-corrected chi connectivity index (χ3v) is 5.28. The quantitative estimate of drug-likeness (QED) is 0.698.